The minimum atomic E-state index is -0.455. The fourth-order valence-corrected chi connectivity index (χ4v) is 3.96. The number of para-hydroxylation sites is 2. The van der Waals surface area contributed by atoms with Crippen LogP contribution in [0.3, 0.4) is 0 Å². The highest BCUT2D eigenvalue weighted by atomic mass is 15.4. The summed E-state index contributed by atoms with van der Waals surface area (Å²) < 4.78 is 0. The molecule has 2 unspecified atom stereocenters. The average Bonchev–Trinajstić information content (AvgIpc) is 2.97. The van der Waals surface area contributed by atoms with Crippen molar-refractivity contribution in [3.8, 4) is 0 Å². The first kappa shape index (κ1) is 15.3. The smallest absolute Gasteiger partial charge is 0.182 e. The summed E-state index contributed by atoms with van der Waals surface area (Å²) in [5.41, 5.74) is 4.62. The van der Waals surface area contributed by atoms with Crippen molar-refractivity contribution >= 4 is 23.0 Å². The molecule has 0 fully saturated rings. The number of rotatable bonds is 3. The zero-order chi connectivity index (χ0) is 17.6. The minimum absolute atomic E-state index is 0.0769. The predicted molar refractivity (Wildman–Crippen MR) is 104 cm³/mol. The predicted octanol–water partition coefficient (Wildman–Crippen LogP) is 3.11. The van der Waals surface area contributed by atoms with E-state index in [0.717, 1.165) is 35.3 Å². The summed E-state index contributed by atoms with van der Waals surface area (Å²) in [7, 11) is 2.11. The van der Waals surface area contributed by atoms with Crippen LogP contribution in [0.4, 0.5) is 0 Å². The van der Waals surface area contributed by atoms with Crippen LogP contribution in [0, 0.1) is 0 Å². The molecule has 0 saturated heterocycles. The lowest BCUT2D eigenvalue weighted by Crippen LogP contribution is -2.51. The molecule has 1 aromatic carbocycles. The summed E-state index contributed by atoms with van der Waals surface area (Å²) in [4.78, 5) is 21.3. The van der Waals surface area contributed by atoms with Gasteiger partial charge in [-0.3, -0.25) is 19.9 Å². The van der Waals surface area contributed by atoms with Gasteiger partial charge in [-0.15, -0.1) is 0 Å². The Balaban J connectivity index is 1.39. The summed E-state index contributed by atoms with van der Waals surface area (Å²) in [6, 6.07) is 7.98. The number of fused-ring (bicyclic) bond motifs is 1. The molecule has 1 aliphatic carbocycles. The van der Waals surface area contributed by atoms with Gasteiger partial charge in [0.1, 0.15) is 6.17 Å². The molecule has 5 rings (SSSR count). The lowest BCUT2D eigenvalue weighted by atomic mass is 9.88. The number of nitrogens with zero attached hydrogens (tertiary/aromatic N) is 5. The van der Waals surface area contributed by atoms with Crippen LogP contribution in [0.2, 0.25) is 0 Å². The molecular formula is C21H19N5. The first-order chi connectivity index (χ1) is 12.8. The number of hydrogen-bond acceptors (Lipinski definition) is 5. The van der Waals surface area contributed by atoms with E-state index in [0.29, 0.717) is 0 Å². The number of aromatic nitrogens is 2. The minimum Gasteiger partial charge on any atom is -0.266 e. The normalized spacial score (nSPS) is 26.6. The third-order valence-corrected chi connectivity index (χ3v) is 5.32. The molecule has 3 heterocycles. The molecule has 2 aromatic rings. The molecule has 0 bridgehead atoms. The van der Waals surface area contributed by atoms with E-state index in [1.807, 2.05) is 42.8 Å². The van der Waals surface area contributed by atoms with Crippen molar-refractivity contribution in [3.05, 3.63) is 72.1 Å². The number of aryl methyl sites for hydroxylation is 1. The Hall–Kier alpha value is -2.92. The van der Waals surface area contributed by atoms with Crippen molar-refractivity contribution in [2.75, 3.05) is 7.05 Å². The second kappa shape index (κ2) is 5.81. The Morgan fingerprint density at radius 3 is 2.92 bits per heavy atom. The van der Waals surface area contributed by atoms with Gasteiger partial charge in [0.15, 0.2) is 5.66 Å². The second-order valence-corrected chi connectivity index (χ2v) is 6.79. The van der Waals surface area contributed by atoms with E-state index < -0.39 is 5.66 Å². The van der Waals surface area contributed by atoms with Gasteiger partial charge < -0.3 is 0 Å². The van der Waals surface area contributed by atoms with Gasteiger partial charge in [0.2, 0.25) is 0 Å². The van der Waals surface area contributed by atoms with Crippen LogP contribution in [0.25, 0.3) is 11.0 Å². The first-order valence-electron chi connectivity index (χ1n) is 8.90. The Kier molecular flexibility index (Phi) is 3.43. The van der Waals surface area contributed by atoms with Crippen molar-refractivity contribution in [2.24, 2.45) is 9.98 Å². The maximum Gasteiger partial charge on any atom is 0.182 e. The number of benzene rings is 1. The third kappa shape index (κ3) is 2.21. The molecule has 5 nitrogen and oxygen atoms in total. The summed E-state index contributed by atoms with van der Waals surface area (Å²) >= 11 is 0. The lowest BCUT2D eigenvalue weighted by Gasteiger charge is -2.38. The molecule has 5 heteroatoms. The van der Waals surface area contributed by atoms with Gasteiger partial charge in [-0.2, -0.15) is 0 Å². The third-order valence-electron chi connectivity index (χ3n) is 5.32. The number of hydrogen-bond donors (Lipinski definition) is 0. The van der Waals surface area contributed by atoms with Gasteiger partial charge in [0, 0.05) is 18.0 Å². The second-order valence-electron chi connectivity index (χ2n) is 6.79. The van der Waals surface area contributed by atoms with Crippen LogP contribution >= 0.6 is 0 Å². The molecule has 3 aliphatic rings. The maximum atomic E-state index is 4.96. The average molecular weight is 341 g/mol. The summed E-state index contributed by atoms with van der Waals surface area (Å²) in [5, 5.41) is 0. The van der Waals surface area contributed by atoms with E-state index >= 15 is 0 Å². The highest BCUT2D eigenvalue weighted by Gasteiger charge is 2.49. The number of aliphatic imine (C=N–C) groups is 2. The topological polar surface area (TPSA) is 53.7 Å². The largest absolute Gasteiger partial charge is 0.266 e. The quantitative estimate of drug-likeness (QED) is 0.862. The number of dihydropyridines is 1. The Labute approximate surface area is 152 Å². The van der Waals surface area contributed by atoms with Crippen LogP contribution in [0.15, 0.2) is 76.4 Å². The molecule has 0 radical (unpaired) electrons. The Morgan fingerprint density at radius 1 is 1.12 bits per heavy atom. The van der Waals surface area contributed by atoms with E-state index in [1.165, 1.54) is 5.57 Å². The van der Waals surface area contributed by atoms with E-state index in [-0.39, 0.29) is 6.17 Å². The highest BCUT2D eigenvalue weighted by Crippen LogP contribution is 2.40. The Bertz CT molecular complexity index is 1030. The lowest BCUT2D eigenvalue weighted by molar-refractivity contribution is 0.185. The Morgan fingerprint density at radius 2 is 2.00 bits per heavy atom. The van der Waals surface area contributed by atoms with Crippen molar-refractivity contribution in [1.29, 1.82) is 0 Å². The zero-order valence-corrected chi connectivity index (χ0v) is 14.6. The van der Waals surface area contributed by atoms with E-state index in [4.69, 9.17) is 15.0 Å². The summed E-state index contributed by atoms with van der Waals surface area (Å²) in [6.07, 6.45) is 15.9. The SMILES string of the molecule is CN1C(CCc2cnc3ccccc3n2)N=C2C=CC=C3C=CC=NC321. The maximum absolute atomic E-state index is 4.96. The molecule has 26 heavy (non-hydrogen) atoms. The number of likely N-dealkylation sites (N-methyl/N-ethyl adjacent to an activating group) is 1. The molecule has 0 N–H and O–H groups in total. The monoisotopic (exact) mass is 341 g/mol. The standard InChI is InChI=1S/C21H19N5/c1-26-20(12-11-16-14-22-17-8-2-3-9-18(17)24-16)25-19-10-4-6-15-7-5-13-23-21(15,19)26/h2-10,13-14,20H,11-12H2,1H3. The van der Waals surface area contributed by atoms with E-state index in [9.17, 15) is 0 Å². The van der Waals surface area contributed by atoms with Gasteiger partial charge in [-0.05, 0) is 44.2 Å². The summed E-state index contributed by atoms with van der Waals surface area (Å²) in [5.74, 6) is 0. The van der Waals surface area contributed by atoms with Crippen molar-refractivity contribution < 1.29 is 0 Å². The van der Waals surface area contributed by atoms with Gasteiger partial charge >= 0.3 is 0 Å². The highest BCUT2D eigenvalue weighted by molar-refractivity contribution is 6.09. The van der Waals surface area contributed by atoms with Crippen LogP contribution in [-0.2, 0) is 6.42 Å². The first-order valence-corrected chi connectivity index (χ1v) is 8.90. The van der Waals surface area contributed by atoms with Gasteiger partial charge in [0.25, 0.3) is 0 Å². The molecule has 0 amide bonds. The van der Waals surface area contributed by atoms with Crippen molar-refractivity contribution in [3.63, 3.8) is 0 Å². The van der Waals surface area contributed by atoms with Gasteiger partial charge in [-0.1, -0.05) is 30.4 Å². The van der Waals surface area contributed by atoms with Gasteiger partial charge in [0.05, 0.1) is 22.4 Å². The fraction of sp³-hybridized carbons (Fsp3) is 0.238. The van der Waals surface area contributed by atoms with Crippen LogP contribution in [0.1, 0.15) is 12.1 Å². The van der Waals surface area contributed by atoms with Crippen LogP contribution in [-0.4, -0.2) is 45.7 Å². The van der Waals surface area contributed by atoms with Crippen LogP contribution in [0.5, 0.6) is 0 Å². The van der Waals surface area contributed by atoms with Gasteiger partial charge in [-0.25, -0.2) is 4.98 Å². The van der Waals surface area contributed by atoms with Crippen molar-refractivity contribution in [2.45, 2.75) is 24.7 Å². The zero-order valence-electron chi connectivity index (χ0n) is 14.6. The van der Waals surface area contributed by atoms with E-state index in [1.54, 1.807) is 0 Å². The molecule has 1 aromatic heterocycles. The summed E-state index contributed by atoms with van der Waals surface area (Å²) in [6.45, 7) is 0. The molecule has 1 spiro atoms. The molecule has 0 saturated carbocycles. The van der Waals surface area contributed by atoms with E-state index in [2.05, 4.69) is 41.2 Å². The van der Waals surface area contributed by atoms with Crippen LogP contribution < -0.4 is 0 Å². The molecule has 128 valence electrons. The molecular weight excluding hydrogens is 322 g/mol. The fourth-order valence-electron chi connectivity index (χ4n) is 3.96. The molecule has 2 atom stereocenters. The van der Waals surface area contributed by atoms with Crippen molar-refractivity contribution in [1.82, 2.24) is 14.9 Å². The number of allylic oxidation sites excluding steroid dienone is 3. The molecule has 2 aliphatic heterocycles.